The summed E-state index contributed by atoms with van der Waals surface area (Å²) in [6.07, 6.45) is 15.9. The molecule has 0 atom stereocenters. The topological polar surface area (TPSA) is 12.0 Å². The van der Waals surface area contributed by atoms with Crippen LogP contribution in [-0.4, -0.2) is 13.1 Å². The lowest BCUT2D eigenvalue weighted by Gasteiger charge is -2.10. The van der Waals surface area contributed by atoms with Crippen molar-refractivity contribution in [3.05, 3.63) is 0 Å². The zero-order valence-electron chi connectivity index (χ0n) is 11.3. The molecule has 1 heteroatoms. The Hall–Kier alpha value is -0.0400. The monoisotopic (exact) mass is 225 g/mol. The number of nitrogens with one attached hydrogen (secondary N) is 1. The molecule has 0 spiro atoms. The molecule has 0 aliphatic heterocycles. The molecule has 0 aromatic carbocycles. The minimum atomic E-state index is 1.00. The molecule has 1 aliphatic rings. The molecular weight excluding hydrogens is 194 g/mol. The Kier molecular flexibility index (Phi) is 8.88. The first kappa shape index (κ1) is 14.0. The van der Waals surface area contributed by atoms with Crippen LogP contribution < -0.4 is 5.32 Å². The van der Waals surface area contributed by atoms with Crippen LogP contribution in [0.1, 0.15) is 77.6 Å². The van der Waals surface area contributed by atoms with Gasteiger partial charge in [-0.1, -0.05) is 58.3 Å². The van der Waals surface area contributed by atoms with E-state index < -0.39 is 0 Å². The van der Waals surface area contributed by atoms with E-state index in [0.717, 1.165) is 5.92 Å². The first-order valence-corrected chi connectivity index (χ1v) is 7.64. The average Bonchev–Trinajstić information content (AvgIpc) is 2.80. The summed E-state index contributed by atoms with van der Waals surface area (Å²) in [7, 11) is 0. The van der Waals surface area contributed by atoms with Crippen LogP contribution in [0.25, 0.3) is 0 Å². The van der Waals surface area contributed by atoms with Crippen LogP contribution in [0, 0.1) is 5.92 Å². The lowest BCUT2D eigenvalue weighted by atomic mass is 10.1. The molecule has 0 heterocycles. The van der Waals surface area contributed by atoms with Gasteiger partial charge in [0.1, 0.15) is 0 Å². The third-order valence-electron chi connectivity index (χ3n) is 3.86. The van der Waals surface area contributed by atoms with E-state index in [0.29, 0.717) is 0 Å². The number of unbranched alkanes of at least 4 members (excludes halogenated alkanes) is 6. The summed E-state index contributed by atoms with van der Waals surface area (Å²) in [4.78, 5) is 0. The van der Waals surface area contributed by atoms with Gasteiger partial charge in [0, 0.05) is 0 Å². The highest BCUT2D eigenvalue weighted by Crippen LogP contribution is 2.23. The van der Waals surface area contributed by atoms with E-state index in [1.165, 1.54) is 83.7 Å². The van der Waals surface area contributed by atoms with E-state index in [9.17, 15) is 0 Å². The molecular formula is C15H31N. The fourth-order valence-electron chi connectivity index (χ4n) is 2.73. The molecule has 1 nitrogen and oxygen atoms in total. The zero-order chi connectivity index (χ0) is 11.5. The molecule has 1 saturated carbocycles. The van der Waals surface area contributed by atoms with Crippen LogP contribution in [0.5, 0.6) is 0 Å². The molecule has 0 aromatic rings. The van der Waals surface area contributed by atoms with Gasteiger partial charge in [-0.15, -0.1) is 0 Å². The summed E-state index contributed by atoms with van der Waals surface area (Å²) in [5, 5.41) is 3.63. The van der Waals surface area contributed by atoms with Gasteiger partial charge in [-0.25, -0.2) is 0 Å². The normalized spacial score (nSPS) is 17.1. The molecule has 96 valence electrons. The van der Waals surface area contributed by atoms with Gasteiger partial charge in [0.05, 0.1) is 0 Å². The van der Waals surface area contributed by atoms with E-state index in [1.807, 2.05) is 0 Å². The summed E-state index contributed by atoms with van der Waals surface area (Å²) in [6.45, 7) is 4.83. The van der Waals surface area contributed by atoms with Crippen molar-refractivity contribution in [2.24, 2.45) is 5.92 Å². The lowest BCUT2D eigenvalue weighted by molar-refractivity contribution is 0.477. The van der Waals surface area contributed by atoms with Crippen LogP contribution in [-0.2, 0) is 0 Å². The van der Waals surface area contributed by atoms with Crippen molar-refractivity contribution in [2.75, 3.05) is 13.1 Å². The third-order valence-corrected chi connectivity index (χ3v) is 3.86. The first-order valence-electron chi connectivity index (χ1n) is 7.64. The molecule has 1 N–H and O–H groups in total. The molecule has 0 radical (unpaired) electrons. The fourth-order valence-corrected chi connectivity index (χ4v) is 2.73. The van der Waals surface area contributed by atoms with Gasteiger partial charge < -0.3 is 5.32 Å². The predicted octanol–water partition coefficient (Wildman–Crippen LogP) is 4.52. The fraction of sp³-hybridized carbons (Fsp3) is 1.00. The minimum absolute atomic E-state index is 1.00. The van der Waals surface area contributed by atoms with Crippen molar-refractivity contribution in [1.29, 1.82) is 0 Å². The Balaban J connectivity index is 1.71. The Morgan fingerprint density at radius 2 is 1.50 bits per heavy atom. The van der Waals surface area contributed by atoms with Gasteiger partial charge in [-0.05, 0) is 38.3 Å². The van der Waals surface area contributed by atoms with Crippen LogP contribution in [0.3, 0.4) is 0 Å². The summed E-state index contributed by atoms with van der Waals surface area (Å²) in [6, 6.07) is 0. The largest absolute Gasteiger partial charge is 0.316 e. The Morgan fingerprint density at radius 3 is 2.19 bits per heavy atom. The van der Waals surface area contributed by atoms with Gasteiger partial charge in [0.25, 0.3) is 0 Å². The number of hydrogen-bond acceptors (Lipinski definition) is 1. The van der Waals surface area contributed by atoms with E-state index >= 15 is 0 Å². The van der Waals surface area contributed by atoms with Gasteiger partial charge in [0.2, 0.25) is 0 Å². The van der Waals surface area contributed by atoms with Crippen molar-refractivity contribution < 1.29 is 0 Å². The maximum atomic E-state index is 3.63. The van der Waals surface area contributed by atoms with E-state index in [1.54, 1.807) is 0 Å². The number of hydrogen-bond donors (Lipinski definition) is 1. The van der Waals surface area contributed by atoms with Crippen molar-refractivity contribution in [3.63, 3.8) is 0 Å². The maximum Gasteiger partial charge on any atom is -0.00205 e. The molecule has 16 heavy (non-hydrogen) atoms. The highest BCUT2D eigenvalue weighted by Gasteiger charge is 2.13. The summed E-state index contributed by atoms with van der Waals surface area (Å²) in [5.41, 5.74) is 0. The van der Waals surface area contributed by atoms with E-state index in [2.05, 4.69) is 12.2 Å². The van der Waals surface area contributed by atoms with Crippen molar-refractivity contribution >= 4 is 0 Å². The van der Waals surface area contributed by atoms with Gasteiger partial charge in [-0.2, -0.15) is 0 Å². The Morgan fingerprint density at radius 1 is 0.875 bits per heavy atom. The predicted molar refractivity (Wildman–Crippen MR) is 72.8 cm³/mol. The van der Waals surface area contributed by atoms with Crippen LogP contribution in [0.4, 0.5) is 0 Å². The van der Waals surface area contributed by atoms with Crippen molar-refractivity contribution in [2.45, 2.75) is 77.6 Å². The quantitative estimate of drug-likeness (QED) is 0.539. The molecule has 1 fully saturated rings. The molecule has 1 rings (SSSR count). The summed E-state index contributed by atoms with van der Waals surface area (Å²) in [5.74, 6) is 1.00. The molecule has 0 unspecified atom stereocenters. The standard InChI is InChI=1S/C15H31N/c1-2-3-4-5-6-7-10-13-16-14-15-11-8-9-12-15/h15-16H,2-14H2,1H3. The van der Waals surface area contributed by atoms with Crippen LogP contribution >= 0.6 is 0 Å². The third kappa shape index (κ3) is 7.27. The second-order valence-corrected chi connectivity index (χ2v) is 5.48. The maximum absolute atomic E-state index is 3.63. The van der Waals surface area contributed by atoms with Crippen LogP contribution in [0.2, 0.25) is 0 Å². The summed E-state index contributed by atoms with van der Waals surface area (Å²) >= 11 is 0. The average molecular weight is 225 g/mol. The second-order valence-electron chi connectivity index (χ2n) is 5.48. The molecule has 0 saturated heterocycles. The van der Waals surface area contributed by atoms with E-state index in [-0.39, 0.29) is 0 Å². The second kappa shape index (κ2) is 10.1. The minimum Gasteiger partial charge on any atom is -0.316 e. The molecule has 1 aliphatic carbocycles. The summed E-state index contributed by atoms with van der Waals surface area (Å²) < 4.78 is 0. The van der Waals surface area contributed by atoms with Crippen LogP contribution in [0.15, 0.2) is 0 Å². The Labute approximate surface area is 102 Å². The zero-order valence-corrected chi connectivity index (χ0v) is 11.3. The molecule has 0 bridgehead atoms. The van der Waals surface area contributed by atoms with Gasteiger partial charge >= 0.3 is 0 Å². The van der Waals surface area contributed by atoms with Gasteiger partial charge in [-0.3, -0.25) is 0 Å². The highest BCUT2D eigenvalue weighted by atomic mass is 14.9. The molecule has 0 amide bonds. The smallest absolute Gasteiger partial charge is 0.00205 e. The highest BCUT2D eigenvalue weighted by molar-refractivity contribution is 4.69. The number of rotatable bonds is 10. The van der Waals surface area contributed by atoms with Crippen molar-refractivity contribution in [3.8, 4) is 0 Å². The molecule has 0 aromatic heterocycles. The Bertz CT molecular complexity index is 138. The van der Waals surface area contributed by atoms with Crippen molar-refractivity contribution in [1.82, 2.24) is 5.32 Å². The first-order chi connectivity index (χ1) is 7.93. The lowest BCUT2D eigenvalue weighted by Crippen LogP contribution is -2.22. The van der Waals surface area contributed by atoms with Gasteiger partial charge in [0.15, 0.2) is 0 Å². The SMILES string of the molecule is CCCCCCCCCNCC1CCCC1. The van der Waals surface area contributed by atoms with E-state index in [4.69, 9.17) is 0 Å².